The van der Waals surface area contributed by atoms with Crippen LogP contribution in [-0.4, -0.2) is 31.9 Å². The number of benzene rings is 3. The molecule has 39 heavy (non-hydrogen) atoms. The van der Waals surface area contributed by atoms with Gasteiger partial charge in [0, 0.05) is 16.6 Å². The van der Waals surface area contributed by atoms with E-state index in [4.69, 9.17) is 11.6 Å². The number of alkyl halides is 3. The fourth-order valence-electron chi connectivity index (χ4n) is 3.82. The molecule has 0 atom stereocenters. The molecule has 0 aliphatic carbocycles. The van der Waals surface area contributed by atoms with Crippen molar-refractivity contribution in [2.45, 2.75) is 20.2 Å². The molecular weight excluding hydrogens is 549 g/mol. The molecule has 0 bridgehead atoms. The van der Waals surface area contributed by atoms with Gasteiger partial charge in [0.25, 0.3) is 0 Å². The lowest BCUT2D eigenvalue weighted by molar-refractivity contribution is -0.274. The second-order valence-electron chi connectivity index (χ2n) is 8.42. The Morgan fingerprint density at radius 3 is 2.44 bits per heavy atom. The van der Waals surface area contributed by atoms with Gasteiger partial charge in [0.05, 0.1) is 22.6 Å². The van der Waals surface area contributed by atoms with E-state index in [9.17, 15) is 13.2 Å². The summed E-state index contributed by atoms with van der Waals surface area (Å²) in [6.07, 6.45) is -1.60. The molecule has 0 N–H and O–H groups in total. The summed E-state index contributed by atoms with van der Waals surface area (Å²) in [6, 6.07) is 18.6. The third-order valence-corrected chi connectivity index (χ3v) is 6.88. The standard InChI is InChI=1S/C27H20ClF3N6OS/c1-17-4-3-5-23(28)24(17)37-18(2)15-39-26(37)34-33-14-19-6-8-20(9-7-19)25-32-16-36(35-25)21-10-12-22(13-11-21)38-27(29,30)31/h3-16H,1-2H3. The van der Waals surface area contributed by atoms with Crippen molar-refractivity contribution in [3.8, 4) is 28.5 Å². The summed E-state index contributed by atoms with van der Waals surface area (Å²) in [6.45, 7) is 3.99. The molecule has 198 valence electrons. The molecule has 0 aliphatic rings. The normalized spacial score (nSPS) is 12.4. The Bertz CT molecular complexity index is 1680. The van der Waals surface area contributed by atoms with Crippen molar-refractivity contribution in [3.63, 3.8) is 0 Å². The van der Waals surface area contributed by atoms with Gasteiger partial charge in [-0.25, -0.2) is 9.67 Å². The van der Waals surface area contributed by atoms with Crippen molar-refractivity contribution in [1.29, 1.82) is 0 Å². The molecule has 5 aromatic rings. The first-order chi connectivity index (χ1) is 18.7. The number of nitrogens with zero attached hydrogens (tertiary/aromatic N) is 6. The quantitative estimate of drug-likeness (QED) is 0.165. The average molecular weight is 569 g/mol. The maximum atomic E-state index is 12.4. The van der Waals surface area contributed by atoms with E-state index in [1.54, 1.807) is 6.21 Å². The summed E-state index contributed by atoms with van der Waals surface area (Å²) in [4.78, 5) is 5.01. The molecule has 0 saturated heterocycles. The van der Waals surface area contributed by atoms with E-state index in [1.165, 1.54) is 46.6 Å². The van der Waals surface area contributed by atoms with Crippen LogP contribution in [0.1, 0.15) is 16.8 Å². The molecule has 3 aromatic carbocycles. The summed E-state index contributed by atoms with van der Waals surface area (Å²) >= 11 is 7.95. The van der Waals surface area contributed by atoms with E-state index in [2.05, 4.69) is 25.0 Å². The van der Waals surface area contributed by atoms with Crippen LogP contribution in [0.2, 0.25) is 5.02 Å². The first-order valence-corrected chi connectivity index (χ1v) is 12.8. The summed E-state index contributed by atoms with van der Waals surface area (Å²) in [5.41, 5.74) is 5.06. The van der Waals surface area contributed by atoms with Crippen LogP contribution in [0.5, 0.6) is 5.75 Å². The fourth-order valence-corrected chi connectivity index (χ4v) is 4.95. The number of thiazole rings is 1. The zero-order chi connectivity index (χ0) is 27.6. The number of aryl methyl sites for hydroxylation is 2. The number of ether oxygens (including phenoxy) is 1. The number of para-hydroxylation sites is 1. The van der Waals surface area contributed by atoms with Gasteiger partial charge < -0.3 is 4.74 Å². The highest BCUT2D eigenvalue weighted by molar-refractivity contribution is 7.07. The molecule has 2 aromatic heterocycles. The number of hydrogen-bond donors (Lipinski definition) is 0. The maximum Gasteiger partial charge on any atom is 0.573 e. The van der Waals surface area contributed by atoms with Crippen LogP contribution in [0.25, 0.3) is 22.8 Å². The molecule has 0 aliphatic heterocycles. The lowest BCUT2D eigenvalue weighted by Crippen LogP contribution is -2.17. The topological polar surface area (TPSA) is 69.6 Å². The molecule has 7 nitrogen and oxygen atoms in total. The summed E-state index contributed by atoms with van der Waals surface area (Å²) in [5, 5.41) is 15.8. The lowest BCUT2D eigenvalue weighted by Gasteiger charge is -2.11. The molecule has 12 heteroatoms. The van der Waals surface area contributed by atoms with Crippen molar-refractivity contribution >= 4 is 29.2 Å². The highest BCUT2D eigenvalue weighted by atomic mass is 35.5. The van der Waals surface area contributed by atoms with Crippen LogP contribution < -0.4 is 9.54 Å². The van der Waals surface area contributed by atoms with Crippen molar-refractivity contribution in [1.82, 2.24) is 19.3 Å². The van der Waals surface area contributed by atoms with Gasteiger partial charge in [-0.1, -0.05) is 48.0 Å². The molecular formula is C27H20ClF3N6OS. The van der Waals surface area contributed by atoms with Crippen LogP contribution in [0.3, 0.4) is 0 Å². The van der Waals surface area contributed by atoms with Gasteiger partial charge in [0.2, 0.25) is 4.80 Å². The zero-order valence-electron chi connectivity index (χ0n) is 20.6. The largest absolute Gasteiger partial charge is 0.573 e. The number of rotatable bonds is 6. The predicted molar refractivity (Wildman–Crippen MR) is 145 cm³/mol. The SMILES string of the molecule is Cc1cccc(Cl)c1-n1c(C)csc1=NN=Cc1ccc(-c2ncn(-c3ccc(OC(F)(F)F)cc3)n2)cc1. The Morgan fingerprint density at radius 1 is 1.00 bits per heavy atom. The van der Waals surface area contributed by atoms with Gasteiger partial charge in [0.15, 0.2) is 5.82 Å². The molecule has 0 amide bonds. The second-order valence-corrected chi connectivity index (χ2v) is 9.67. The van der Waals surface area contributed by atoms with E-state index in [0.717, 1.165) is 28.1 Å². The van der Waals surface area contributed by atoms with Crippen molar-refractivity contribution in [3.05, 3.63) is 105 Å². The number of halogens is 4. The Balaban J connectivity index is 1.31. The van der Waals surface area contributed by atoms with Gasteiger partial charge in [-0.2, -0.15) is 5.10 Å². The lowest BCUT2D eigenvalue weighted by atomic mass is 10.1. The molecule has 0 unspecified atom stereocenters. The third kappa shape index (κ3) is 6.10. The van der Waals surface area contributed by atoms with Gasteiger partial charge in [0.1, 0.15) is 12.1 Å². The number of aromatic nitrogens is 4. The van der Waals surface area contributed by atoms with E-state index in [-0.39, 0.29) is 5.75 Å². The second kappa shape index (κ2) is 10.9. The van der Waals surface area contributed by atoms with Crippen molar-refractivity contribution in [2.75, 3.05) is 0 Å². The Kier molecular flexibility index (Phi) is 7.36. The monoisotopic (exact) mass is 568 g/mol. The van der Waals surface area contributed by atoms with E-state index >= 15 is 0 Å². The third-order valence-electron chi connectivity index (χ3n) is 5.64. The molecule has 0 radical (unpaired) electrons. The summed E-state index contributed by atoms with van der Waals surface area (Å²) in [7, 11) is 0. The Hall–Kier alpha value is -4.22. The average Bonchev–Trinajstić information content (AvgIpc) is 3.52. The van der Waals surface area contributed by atoms with Crippen LogP contribution in [-0.2, 0) is 0 Å². The number of hydrogen-bond acceptors (Lipinski definition) is 6. The van der Waals surface area contributed by atoms with Crippen LogP contribution in [0.4, 0.5) is 13.2 Å². The van der Waals surface area contributed by atoms with E-state index < -0.39 is 6.36 Å². The predicted octanol–water partition coefficient (Wildman–Crippen LogP) is 6.89. The minimum Gasteiger partial charge on any atom is -0.406 e. The first-order valence-electron chi connectivity index (χ1n) is 11.6. The highest BCUT2D eigenvalue weighted by Crippen LogP contribution is 2.25. The zero-order valence-corrected chi connectivity index (χ0v) is 22.2. The Labute approximate surface area is 230 Å². The van der Waals surface area contributed by atoms with Gasteiger partial charge >= 0.3 is 6.36 Å². The molecule has 2 heterocycles. The molecule has 0 spiro atoms. The highest BCUT2D eigenvalue weighted by Gasteiger charge is 2.31. The minimum atomic E-state index is -4.74. The van der Waals surface area contributed by atoms with E-state index in [1.807, 2.05) is 66.3 Å². The summed E-state index contributed by atoms with van der Waals surface area (Å²) < 4.78 is 44.5. The van der Waals surface area contributed by atoms with Crippen molar-refractivity contribution < 1.29 is 17.9 Å². The first kappa shape index (κ1) is 26.4. The van der Waals surface area contributed by atoms with Gasteiger partial charge in [-0.15, -0.1) is 34.7 Å². The van der Waals surface area contributed by atoms with Crippen molar-refractivity contribution in [2.24, 2.45) is 10.2 Å². The molecule has 5 rings (SSSR count). The van der Waals surface area contributed by atoms with E-state index in [0.29, 0.717) is 21.3 Å². The molecule has 0 fully saturated rings. The molecule has 0 saturated carbocycles. The van der Waals surface area contributed by atoms with Gasteiger partial charge in [-0.05, 0) is 55.3 Å². The van der Waals surface area contributed by atoms with Crippen LogP contribution in [0, 0.1) is 13.8 Å². The summed E-state index contributed by atoms with van der Waals surface area (Å²) in [5.74, 6) is 0.155. The smallest absolute Gasteiger partial charge is 0.406 e. The maximum absolute atomic E-state index is 12.4. The van der Waals surface area contributed by atoms with Crippen LogP contribution in [0.15, 0.2) is 88.6 Å². The Morgan fingerprint density at radius 2 is 1.74 bits per heavy atom. The van der Waals surface area contributed by atoms with Crippen LogP contribution >= 0.6 is 22.9 Å². The fraction of sp³-hybridized carbons (Fsp3) is 0.111. The minimum absolute atomic E-state index is 0.307. The van der Waals surface area contributed by atoms with Gasteiger partial charge in [-0.3, -0.25) is 4.57 Å².